The maximum Gasteiger partial charge on any atom is 0.126 e. The van der Waals surface area contributed by atoms with Crippen molar-refractivity contribution >= 4 is 17.3 Å². The third kappa shape index (κ3) is 3.35. The molecule has 4 heteroatoms. The van der Waals surface area contributed by atoms with E-state index in [-0.39, 0.29) is 5.82 Å². The monoisotopic (exact) mass is 310 g/mol. The fraction of sp³-hybridized carbons (Fsp3) is 0.647. The minimum absolute atomic E-state index is 0.234. The molecule has 2 unspecified atom stereocenters. The van der Waals surface area contributed by atoms with Gasteiger partial charge in [0.1, 0.15) is 5.82 Å². The molecule has 1 N–H and O–H groups in total. The lowest BCUT2D eigenvalue weighted by Gasteiger charge is -2.50. The molecular formula is C17H24ClFN2. The van der Waals surface area contributed by atoms with Gasteiger partial charge in [-0.15, -0.1) is 0 Å². The molecule has 2 bridgehead atoms. The molecule has 21 heavy (non-hydrogen) atoms. The number of halogens is 2. The molecule has 3 rings (SSSR count). The van der Waals surface area contributed by atoms with Crippen molar-refractivity contribution in [1.29, 1.82) is 0 Å². The van der Waals surface area contributed by atoms with Gasteiger partial charge in [0.15, 0.2) is 0 Å². The second-order valence-corrected chi connectivity index (χ2v) is 6.83. The normalized spacial score (nSPS) is 28.7. The average Bonchev–Trinajstić information content (AvgIpc) is 2.43. The van der Waals surface area contributed by atoms with Crippen LogP contribution in [0.25, 0.3) is 0 Å². The van der Waals surface area contributed by atoms with Gasteiger partial charge in [-0.2, -0.15) is 0 Å². The van der Waals surface area contributed by atoms with Crippen LogP contribution in [0.2, 0.25) is 5.02 Å². The Kier molecular flexibility index (Phi) is 4.70. The maximum absolute atomic E-state index is 13.7. The van der Waals surface area contributed by atoms with Gasteiger partial charge in [-0.3, -0.25) is 0 Å². The molecular weight excluding hydrogens is 287 g/mol. The van der Waals surface area contributed by atoms with Gasteiger partial charge in [-0.25, -0.2) is 4.39 Å². The molecule has 1 aromatic carbocycles. The summed E-state index contributed by atoms with van der Waals surface area (Å²) in [7, 11) is 0. The molecule has 2 saturated heterocycles. The van der Waals surface area contributed by atoms with Crippen LogP contribution in [0, 0.1) is 5.82 Å². The summed E-state index contributed by atoms with van der Waals surface area (Å²) in [5, 5.41) is 4.16. The number of piperidine rings is 2. The Morgan fingerprint density at radius 3 is 2.57 bits per heavy atom. The third-order valence-electron chi connectivity index (χ3n) is 4.80. The second kappa shape index (κ2) is 6.53. The highest BCUT2D eigenvalue weighted by atomic mass is 35.5. The highest BCUT2D eigenvalue weighted by molar-refractivity contribution is 6.30. The first-order valence-corrected chi connectivity index (χ1v) is 8.53. The molecule has 116 valence electrons. The molecule has 2 nitrogen and oxygen atoms in total. The summed E-state index contributed by atoms with van der Waals surface area (Å²) in [6.45, 7) is 3.30. The SMILES string of the molecule is CCCNC1CC2CCCC(C1)N2c1cc(F)cc(Cl)c1. The van der Waals surface area contributed by atoms with E-state index in [2.05, 4.69) is 17.1 Å². The minimum atomic E-state index is -0.234. The van der Waals surface area contributed by atoms with Crippen LogP contribution in [-0.4, -0.2) is 24.7 Å². The molecule has 1 aromatic rings. The van der Waals surface area contributed by atoms with E-state index in [4.69, 9.17) is 11.6 Å². The molecule has 0 saturated carbocycles. The van der Waals surface area contributed by atoms with E-state index in [1.165, 1.54) is 31.7 Å². The smallest absolute Gasteiger partial charge is 0.126 e. The Balaban J connectivity index is 1.80. The van der Waals surface area contributed by atoms with Crippen LogP contribution >= 0.6 is 11.6 Å². The Hall–Kier alpha value is -0.800. The van der Waals surface area contributed by atoms with E-state index < -0.39 is 0 Å². The lowest BCUT2D eigenvalue weighted by molar-refractivity contribution is 0.246. The van der Waals surface area contributed by atoms with Gasteiger partial charge in [-0.05, 0) is 63.3 Å². The summed E-state index contributed by atoms with van der Waals surface area (Å²) >= 11 is 6.04. The summed E-state index contributed by atoms with van der Waals surface area (Å²) in [6.07, 6.45) is 7.18. The van der Waals surface area contributed by atoms with Crippen molar-refractivity contribution in [2.75, 3.05) is 11.4 Å². The van der Waals surface area contributed by atoms with Crippen LogP contribution in [0.4, 0.5) is 10.1 Å². The largest absolute Gasteiger partial charge is 0.365 e. The first-order valence-electron chi connectivity index (χ1n) is 8.15. The van der Waals surface area contributed by atoms with Gasteiger partial charge in [0, 0.05) is 28.8 Å². The van der Waals surface area contributed by atoms with Crippen molar-refractivity contribution in [2.24, 2.45) is 0 Å². The summed E-state index contributed by atoms with van der Waals surface area (Å²) in [4.78, 5) is 2.43. The van der Waals surface area contributed by atoms with Gasteiger partial charge in [0.25, 0.3) is 0 Å². The van der Waals surface area contributed by atoms with Crippen molar-refractivity contribution in [2.45, 2.75) is 63.6 Å². The van der Waals surface area contributed by atoms with E-state index in [0.717, 1.165) is 25.1 Å². The predicted octanol–water partition coefficient (Wildman–Crippen LogP) is 4.37. The highest BCUT2D eigenvalue weighted by Gasteiger charge is 2.38. The van der Waals surface area contributed by atoms with Crippen molar-refractivity contribution in [3.8, 4) is 0 Å². The molecule has 2 fully saturated rings. The van der Waals surface area contributed by atoms with Gasteiger partial charge in [0.05, 0.1) is 0 Å². The van der Waals surface area contributed by atoms with Gasteiger partial charge < -0.3 is 10.2 Å². The predicted molar refractivity (Wildman–Crippen MR) is 86.6 cm³/mol. The number of nitrogens with zero attached hydrogens (tertiary/aromatic N) is 1. The highest BCUT2D eigenvalue weighted by Crippen LogP contribution is 2.38. The molecule has 2 aliphatic rings. The second-order valence-electron chi connectivity index (χ2n) is 6.40. The number of fused-ring (bicyclic) bond motifs is 2. The summed E-state index contributed by atoms with van der Waals surface area (Å²) in [5.74, 6) is -0.234. The Morgan fingerprint density at radius 2 is 1.95 bits per heavy atom. The molecule has 0 aliphatic carbocycles. The lowest BCUT2D eigenvalue weighted by Crippen LogP contribution is -2.56. The topological polar surface area (TPSA) is 15.3 Å². The average molecular weight is 311 g/mol. The number of nitrogens with one attached hydrogen (secondary N) is 1. The quantitative estimate of drug-likeness (QED) is 0.888. The number of rotatable bonds is 4. The van der Waals surface area contributed by atoms with E-state index in [0.29, 0.717) is 23.1 Å². The first kappa shape index (κ1) is 15.1. The summed E-state index contributed by atoms with van der Waals surface area (Å²) in [5.41, 5.74) is 0.962. The molecule has 0 amide bonds. The van der Waals surface area contributed by atoms with Crippen molar-refractivity contribution < 1.29 is 4.39 Å². The van der Waals surface area contributed by atoms with Gasteiger partial charge >= 0.3 is 0 Å². The van der Waals surface area contributed by atoms with Crippen molar-refractivity contribution in [1.82, 2.24) is 5.32 Å². The minimum Gasteiger partial charge on any atom is -0.365 e. The molecule has 0 aromatic heterocycles. The first-order chi connectivity index (χ1) is 10.2. The van der Waals surface area contributed by atoms with Crippen LogP contribution in [0.1, 0.15) is 45.4 Å². The van der Waals surface area contributed by atoms with Crippen LogP contribution in [0.15, 0.2) is 18.2 Å². The Morgan fingerprint density at radius 1 is 1.24 bits per heavy atom. The number of anilines is 1. The fourth-order valence-corrected chi connectivity index (χ4v) is 4.22. The van der Waals surface area contributed by atoms with Crippen LogP contribution in [0.5, 0.6) is 0 Å². The molecule has 0 radical (unpaired) electrons. The molecule has 2 aliphatic heterocycles. The van der Waals surface area contributed by atoms with Gasteiger partial charge in [0.2, 0.25) is 0 Å². The Labute approximate surface area is 131 Å². The zero-order valence-electron chi connectivity index (χ0n) is 12.6. The standard InChI is InChI=1S/C17H24ClFN2/c1-2-6-20-14-10-15-4-3-5-16(11-14)21(15)17-8-12(18)7-13(19)9-17/h7-9,14-16,20H,2-6,10-11H2,1H3. The number of hydrogen-bond donors (Lipinski definition) is 1. The Bertz CT molecular complexity index is 459. The van der Waals surface area contributed by atoms with E-state index in [9.17, 15) is 4.39 Å². The summed E-state index contributed by atoms with van der Waals surface area (Å²) < 4.78 is 13.7. The molecule has 2 atom stereocenters. The fourth-order valence-electron chi connectivity index (χ4n) is 4.01. The van der Waals surface area contributed by atoms with Crippen LogP contribution in [-0.2, 0) is 0 Å². The van der Waals surface area contributed by atoms with Crippen molar-refractivity contribution in [3.63, 3.8) is 0 Å². The maximum atomic E-state index is 13.7. The van der Waals surface area contributed by atoms with Gasteiger partial charge in [-0.1, -0.05) is 18.5 Å². The number of benzene rings is 1. The number of hydrogen-bond acceptors (Lipinski definition) is 2. The molecule has 2 heterocycles. The molecule has 0 spiro atoms. The van der Waals surface area contributed by atoms with E-state index in [1.54, 1.807) is 6.07 Å². The van der Waals surface area contributed by atoms with Crippen LogP contribution < -0.4 is 10.2 Å². The van der Waals surface area contributed by atoms with E-state index in [1.807, 2.05) is 6.07 Å². The summed E-state index contributed by atoms with van der Waals surface area (Å²) in [6, 6.07) is 6.58. The third-order valence-corrected chi connectivity index (χ3v) is 5.02. The zero-order valence-corrected chi connectivity index (χ0v) is 13.4. The zero-order chi connectivity index (χ0) is 14.8. The lowest BCUT2D eigenvalue weighted by atomic mass is 9.81. The van der Waals surface area contributed by atoms with Crippen LogP contribution in [0.3, 0.4) is 0 Å². The van der Waals surface area contributed by atoms with Crippen molar-refractivity contribution in [3.05, 3.63) is 29.0 Å². The van der Waals surface area contributed by atoms with E-state index >= 15 is 0 Å².